The molecule has 24 nitrogen and oxygen atoms in total. The second-order valence-electron chi connectivity index (χ2n) is 17.6. The first-order chi connectivity index (χ1) is 33.5. The fourth-order valence-corrected chi connectivity index (χ4v) is 8.23. The highest BCUT2D eigenvalue weighted by Gasteiger charge is 2.38. The van der Waals surface area contributed by atoms with Gasteiger partial charge in [0.05, 0.1) is 6.54 Å². The molecule has 2 heterocycles. The van der Waals surface area contributed by atoms with Crippen molar-refractivity contribution in [1.29, 1.82) is 5.41 Å². The van der Waals surface area contributed by atoms with Gasteiger partial charge in [-0.15, -0.1) is 0 Å². The zero-order valence-corrected chi connectivity index (χ0v) is 40.3. The first-order valence-electron chi connectivity index (χ1n) is 24.3. The summed E-state index contributed by atoms with van der Waals surface area (Å²) in [5, 5.41) is 36.8. The maximum absolute atomic E-state index is 14.5. The quantitative estimate of drug-likeness (QED) is 0.0209. The Morgan fingerprint density at radius 2 is 1.23 bits per heavy atom. The molecule has 3 rings (SSSR count). The Morgan fingerprint density at radius 3 is 1.83 bits per heavy atom. The molecule has 0 saturated carbocycles. The Labute approximate surface area is 408 Å². The molecular formula is C46H77N15O9. The van der Waals surface area contributed by atoms with Crippen LogP contribution >= 0.6 is 0 Å². The monoisotopic (exact) mass is 984 g/mol. The average Bonchev–Trinajstić information content (AvgIpc) is 3.75. The number of nitrogens with one attached hydrogen (secondary N) is 9. The molecule has 0 radical (unpaired) electrons. The van der Waals surface area contributed by atoms with Crippen LogP contribution in [0.2, 0.25) is 0 Å². The van der Waals surface area contributed by atoms with E-state index in [0.29, 0.717) is 83.0 Å². The normalized spacial score (nSPS) is 16.1. The molecule has 1 aromatic heterocycles. The highest BCUT2D eigenvalue weighted by atomic mass is 16.4. The molecular weight excluding hydrogens is 907 g/mol. The number of benzene rings is 1. The number of carbonyl (C=O) groups is 8. The Bertz CT molecular complexity index is 2050. The molecule has 24 heteroatoms. The second kappa shape index (κ2) is 31.0. The zero-order chi connectivity index (χ0) is 51.6. The van der Waals surface area contributed by atoms with E-state index >= 15 is 0 Å². The summed E-state index contributed by atoms with van der Waals surface area (Å²) in [5.74, 6) is -6.09. The molecule has 0 bridgehead atoms. The van der Waals surface area contributed by atoms with Crippen LogP contribution in [-0.2, 0) is 44.8 Å². The number of fused-ring (bicyclic) bond motifs is 1. The molecule has 20 N–H and O–H groups in total. The number of nitrogens with two attached hydrogens (primary N) is 5. The van der Waals surface area contributed by atoms with E-state index < -0.39 is 89.6 Å². The van der Waals surface area contributed by atoms with Crippen LogP contribution in [0.25, 0.3) is 10.9 Å². The van der Waals surface area contributed by atoms with E-state index in [1.54, 1.807) is 6.20 Å². The SMILES string of the molecule is C[C@H](NC(=O)[C@H](CCCNC(=N)N)NC(=O)CN)C(=O)N1CCCC[C@H]1C(=O)N[C@@H](CCCCN)C(=O)N[C@@H](Cc1c[nH]c2ccccc12)C(=O)N[C@@H](CCCCN)C(=O)N[C@@H](CCCCN)C(=O)O. The average molecular weight is 984 g/mol. The number of aliphatic carboxylic acids is 1. The van der Waals surface area contributed by atoms with Crippen molar-refractivity contribution < 1.29 is 43.5 Å². The van der Waals surface area contributed by atoms with Crippen LogP contribution in [0.5, 0.6) is 0 Å². The Hall–Kier alpha value is -6.37. The third-order valence-corrected chi connectivity index (χ3v) is 12.1. The van der Waals surface area contributed by atoms with Crippen molar-refractivity contribution in [2.75, 3.05) is 39.3 Å². The summed E-state index contributed by atoms with van der Waals surface area (Å²) in [6.07, 6.45) is 6.79. The molecule has 390 valence electrons. The van der Waals surface area contributed by atoms with Gasteiger partial charge < -0.3 is 80.9 Å². The van der Waals surface area contributed by atoms with Gasteiger partial charge in [0.2, 0.25) is 41.4 Å². The van der Waals surface area contributed by atoms with Crippen LogP contribution < -0.4 is 65.9 Å². The number of unbranched alkanes of at least 4 members (excludes halogenated alkanes) is 3. The highest BCUT2D eigenvalue weighted by molar-refractivity contribution is 5.98. The Morgan fingerprint density at radius 1 is 0.700 bits per heavy atom. The van der Waals surface area contributed by atoms with Crippen molar-refractivity contribution >= 4 is 64.2 Å². The molecule has 1 fully saturated rings. The third-order valence-electron chi connectivity index (χ3n) is 12.1. The Kier molecular flexibility index (Phi) is 25.6. The number of H-pyrrole nitrogens is 1. The van der Waals surface area contributed by atoms with Gasteiger partial charge in [0.15, 0.2) is 5.96 Å². The largest absolute Gasteiger partial charge is 0.480 e. The Balaban J connectivity index is 1.88. The lowest BCUT2D eigenvalue weighted by atomic mass is 9.98. The minimum absolute atomic E-state index is 0.0421. The van der Waals surface area contributed by atoms with Gasteiger partial charge in [0.1, 0.15) is 42.3 Å². The topological polar surface area (TPSA) is 414 Å². The van der Waals surface area contributed by atoms with Crippen LogP contribution in [0, 0.1) is 5.41 Å². The summed E-state index contributed by atoms with van der Waals surface area (Å²) < 4.78 is 0. The predicted octanol–water partition coefficient (Wildman–Crippen LogP) is -2.29. The summed E-state index contributed by atoms with van der Waals surface area (Å²) in [6.45, 7) is 2.49. The number of aromatic nitrogens is 1. The lowest BCUT2D eigenvalue weighted by Gasteiger charge is -2.37. The van der Waals surface area contributed by atoms with Crippen molar-refractivity contribution in [2.24, 2.45) is 28.7 Å². The number of carbonyl (C=O) groups excluding carboxylic acids is 7. The number of aromatic amines is 1. The third kappa shape index (κ3) is 19.2. The summed E-state index contributed by atoms with van der Waals surface area (Å²) in [7, 11) is 0. The molecule has 7 amide bonds. The fourth-order valence-electron chi connectivity index (χ4n) is 8.23. The standard InChI is InChI=1S/C46H77N15O9/c1-28(55-39(63)32(56-38(62)26-50)18-12-23-53-46(51)52)44(68)61-24-11-7-19-37(61)43(67)58-34(16-5-9-21-48)41(65)60-36(25-29-27-54-31-14-3-2-13-30(29)31)42(66)57-33(15-4-8-20-47)40(64)59-35(45(69)70)17-6-10-22-49/h2-3,13-14,27-28,32-37,54H,4-12,15-26,47-50H2,1H3,(H,55,63)(H,56,62)(H,57,66)(H,58,67)(H,59,64)(H,60,65)(H,69,70)(H4,51,52,53)/t28-,32-,33-,34-,35-,36-,37-/m0/s1. The van der Waals surface area contributed by atoms with Crippen LogP contribution in [0.1, 0.15) is 102 Å². The number of hydrogen-bond acceptors (Lipinski definition) is 13. The summed E-state index contributed by atoms with van der Waals surface area (Å²) in [6, 6.07) is -0.771. The van der Waals surface area contributed by atoms with Gasteiger partial charge in [-0.2, -0.15) is 0 Å². The van der Waals surface area contributed by atoms with E-state index in [0.717, 1.165) is 10.9 Å². The number of para-hydroxylation sites is 1. The number of carboxylic acid groups (broad SMARTS) is 1. The van der Waals surface area contributed by atoms with Gasteiger partial charge in [-0.3, -0.25) is 39.0 Å². The first-order valence-corrected chi connectivity index (χ1v) is 24.3. The summed E-state index contributed by atoms with van der Waals surface area (Å²) >= 11 is 0. The van der Waals surface area contributed by atoms with E-state index in [1.807, 2.05) is 24.3 Å². The van der Waals surface area contributed by atoms with Gasteiger partial charge in [-0.25, -0.2) is 4.79 Å². The molecule has 1 aromatic carbocycles. The van der Waals surface area contributed by atoms with Crippen LogP contribution in [0.15, 0.2) is 30.5 Å². The second-order valence-corrected chi connectivity index (χ2v) is 17.6. The number of rotatable bonds is 32. The summed E-state index contributed by atoms with van der Waals surface area (Å²) in [4.78, 5) is 113. The van der Waals surface area contributed by atoms with Gasteiger partial charge in [-0.1, -0.05) is 18.2 Å². The molecule has 1 aliphatic rings. The summed E-state index contributed by atoms with van der Waals surface area (Å²) in [5.41, 5.74) is 29.4. The zero-order valence-electron chi connectivity index (χ0n) is 40.3. The molecule has 0 unspecified atom stereocenters. The lowest BCUT2D eigenvalue weighted by molar-refractivity contribution is -0.145. The van der Waals surface area contributed by atoms with E-state index in [1.165, 1.54) is 11.8 Å². The molecule has 2 aromatic rings. The molecule has 1 saturated heterocycles. The fraction of sp³-hybridized carbons (Fsp3) is 0.630. The molecule has 0 spiro atoms. The van der Waals surface area contributed by atoms with Crippen molar-refractivity contribution in [3.63, 3.8) is 0 Å². The van der Waals surface area contributed by atoms with E-state index in [9.17, 15) is 43.5 Å². The smallest absolute Gasteiger partial charge is 0.326 e. The van der Waals surface area contributed by atoms with Gasteiger partial charge in [-0.05, 0) is 128 Å². The predicted molar refractivity (Wildman–Crippen MR) is 263 cm³/mol. The first kappa shape index (κ1) is 57.9. The maximum Gasteiger partial charge on any atom is 0.326 e. The van der Waals surface area contributed by atoms with E-state index in [2.05, 4.69) is 42.2 Å². The molecule has 7 atom stereocenters. The van der Waals surface area contributed by atoms with Crippen LogP contribution in [0.4, 0.5) is 0 Å². The number of amides is 7. The number of likely N-dealkylation sites (tertiary alicyclic amines) is 1. The van der Waals surface area contributed by atoms with E-state index in [-0.39, 0.29) is 64.1 Å². The van der Waals surface area contributed by atoms with Crippen molar-refractivity contribution in [1.82, 2.24) is 47.1 Å². The maximum atomic E-state index is 14.5. The van der Waals surface area contributed by atoms with Crippen molar-refractivity contribution in [2.45, 2.75) is 146 Å². The highest BCUT2D eigenvalue weighted by Crippen LogP contribution is 2.21. The van der Waals surface area contributed by atoms with Crippen molar-refractivity contribution in [3.05, 3.63) is 36.0 Å². The number of nitrogens with zero attached hydrogens (tertiary/aromatic N) is 1. The molecule has 1 aliphatic heterocycles. The minimum atomic E-state index is -1.30. The number of carboxylic acids is 1. The lowest BCUT2D eigenvalue weighted by Crippen LogP contribution is -2.61. The van der Waals surface area contributed by atoms with Crippen molar-refractivity contribution in [3.8, 4) is 0 Å². The van der Waals surface area contributed by atoms with Crippen LogP contribution in [0.3, 0.4) is 0 Å². The minimum Gasteiger partial charge on any atom is -0.480 e. The number of hydrogen-bond donors (Lipinski definition) is 15. The van der Waals surface area contributed by atoms with Crippen LogP contribution in [-0.4, -0.2) is 150 Å². The van der Waals surface area contributed by atoms with Gasteiger partial charge >= 0.3 is 5.97 Å². The number of piperidine rings is 1. The van der Waals surface area contributed by atoms with Gasteiger partial charge in [0.25, 0.3) is 0 Å². The molecule has 0 aliphatic carbocycles. The number of guanidine groups is 1. The molecule has 70 heavy (non-hydrogen) atoms. The van der Waals surface area contributed by atoms with E-state index in [4.69, 9.17) is 34.1 Å². The van der Waals surface area contributed by atoms with Gasteiger partial charge in [0, 0.05) is 36.6 Å².